The SMILES string of the molecule is COC(=O)[C@@H](Cc1c[nH]c2ccccc12)NC(=O)CO/N=C1\C=C2CC[C@H]3[C@@H]4CC[C@H](O)[C@@]4(C)CC[C@@H]3[C@@]2(C)CC1. The third-order valence-electron chi connectivity index (χ3n) is 11.2. The maximum absolute atomic E-state index is 12.7. The molecule has 4 aliphatic rings. The topological polar surface area (TPSA) is 113 Å². The molecule has 3 N–H and O–H groups in total. The van der Waals surface area contributed by atoms with Gasteiger partial charge >= 0.3 is 5.97 Å². The second-order valence-electron chi connectivity index (χ2n) is 13.2. The van der Waals surface area contributed by atoms with Crippen LogP contribution in [0.25, 0.3) is 10.9 Å². The molecule has 0 unspecified atom stereocenters. The molecule has 1 aromatic carbocycles. The Bertz CT molecular complexity index is 1380. The highest BCUT2D eigenvalue weighted by molar-refractivity contribution is 5.96. The van der Waals surface area contributed by atoms with Crippen molar-refractivity contribution in [2.45, 2.75) is 83.8 Å². The van der Waals surface area contributed by atoms with E-state index in [1.165, 1.54) is 25.5 Å². The van der Waals surface area contributed by atoms with Crippen molar-refractivity contribution in [1.29, 1.82) is 0 Å². The molecule has 8 nitrogen and oxygen atoms in total. The number of aromatic amines is 1. The maximum atomic E-state index is 12.7. The van der Waals surface area contributed by atoms with Crippen molar-refractivity contribution >= 4 is 28.5 Å². The van der Waals surface area contributed by atoms with Crippen LogP contribution in [-0.4, -0.2) is 53.5 Å². The van der Waals surface area contributed by atoms with Gasteiger partial charge in [0, 0.05) is 23.5 Å². The van der Waals surface area contributed by atoms with E-state index in [0.29, 0.717) is 24.2 Å². The maximum Gasteiger partial charge on any atom is 0.328 e. The van der Waals surface area contributed by atoms with Crippen molar-refractivity contribution < 1.29 is 24.3 Å². The van der Waals surface area contributed by atoms with Crippen LogP contribution in [0.3, 0.4) is 0 Å². The Hall–Kier alpha value is -3.13. The molecule has 0 saturated heterocycles. The molecule has 4 aliphatic carbocycles. The van der Waals surface area contributed by atoms with Gasteiger partial charge in [0.15, 0.2) is 6.61 Å². The Labute approximate surface area is 241 Å². The molecule has 8 heteroatoms. The first-order valence-electron chi connectivity index (χ1n) is 15.2. The monoisotopic (exact) mass is 561 g/mol. The normalized spacial score (nSPS) is 34.2. The summed E-state index contributed by atoms with van der Waals surface area (Å²) in [6, 6.07) is 7.02. The number of amides is 1. The highest BCUT2D eigenvalue weighted by Gasteiger charge is 2.58. The summed E-state index contributed by atoms with van der Waals surface area (Å²) < 4.78 is 4.95. The molecule has 0 radical (unpaired) electrons. The van der Waals surface area contributed by atoms with E-state index >= 15 is 0 Å². The average molecular weight is 562 g/mol. The van der Waals surface area contributed by atoms with E-state index in [-0.39, 0.29) is 23.5 Å². The zero-order valence-electron chi connectivity index (χ0n) is 24.4. The number of H-pyrrole nitrogens is 1. The van der Waals surface area contributed by atoms with Crippen LogP contribution in [0.15, 0.2) is 47.3 Å². The number of allylic oxidation sites excluding steroid dienone is 2. The first-order chi connectivity index (χ1) is 19.7. The Balaban J connectivity index is 1.07. The minimum atomic E-state index is -0.825. The molecule has 220 valence electrons. The fourth-order valence-electron chi connectivity index (χ4n) is 8.88. The summed E-state index contributed by atoms with van der Waals surface area (Å²) in [6.45, 7) is 4.50. The van der Waals surface area contributed by atoms with E-state index in [4.69, 9.17) is 9.57 Å². The summed E-state index contributed by atoms with van der Waals surface area (Å²) in [7, 11) is 1.32. The highest BCUT2D eigenvalue weighted by Crippen LogP contribution is 2.65. The number of esters is 1. The van der Waals surface area contributed by atoms with Gasteiger partial charge in [-0.15, -0.1) is 0 Å². The molecular formula is C33H43N3O5. The Morgan fingerprint density at radius 1 is 1.12 bits per heavy atom. The van der Waals surface area contributed by atoms with E-state index in [9.17, 15) is 14.7 Å². The molecular weight excluding hydrogens is 518 g/mol. The number of fused-ring (bicyclic) bond motifs is 6. The van der Waals surface area contributed by atoms with Crippen LogP contribution in [0.1, 0.15) is 70.8 Å². The summed E-state index contributed by atoms with van der Waals surface area (Å²) in [5, 5.41) is 18.8. The van der Waals surface area contributed by atoms with Crippen molar-refractivity contribution in [3.63, 3.8) is 0 Å². The molecule has 3 fully saturated rings. The van der Waals surface area contributed by atoms with Crippen LogP contribution in [0.4, 0.5) is 0 Å². The van der Waals surface area contributed by atoms with Crippen LogP contribution in [0.5, 0.6) is 0 Å². The third kappa shape index (κ3) is 4.98. The molecule has 2 aromatic rings. The van der Waals surface area contributed by atoms with Crippen molar-refractivity contribution in [3.8, 4) is 0 Å². The van der Waals surface area contributed by atoms with Crippen molar-refractivity contribution in [2.75, 3.05) is 13.7 Å². The van der Waals surface area contributed by atoms with E-state index < -0.39 is 17.9 Å². The number of methoxy groups -OCH3 is 1. The van der Waals surface area contributed by atoms with Crippen LogP contribution in [0.2, 0.25) is 0 Å². The zero-order valence-corrected chi connectivity index (χ0v) is 24.4. The summed E-state index contributed by atoms with van der Waals surface area (Å²) in [5.41, 5.74) is 4.51. The molecule has 6 rings (SSSR count). The van der Waals surface area contributed by atoms with Crippen molar-refractivity contribution in [1.82, 2.24) is 10.3 Å². The Morgan fingerprint density at radius 2 is 1.95 bits per heavy atom. The number of para-hydroxylation sites is 1. The number of aliphatic hydroxyl groups excluding tert-OH is 1. The summed E-state index contributed by atoms with van der Waals surface area (Å²) in [5.74, 6) is 1.07. The van der Waals surface area contributed by atoms with Crippen molar-refractivity contribution in [3.05, 3.63) is 47.7 Å². The predicted molar refractivity (Wildman–Crippen MR) is 157 cm³/mol. The first kappa shape index (κ1) is 28.0. The van der Waals surface area contributed by atoms with Gasteiger partial charge in [0.05, 0.1) is 18.9 Å². The minimum absolute atomic E-state index is 0.0940. The van der Waals surface area contributed by atoms with Gasteiger partial charge in [-0.3, -0.25) is 4.79 Å². The molecule has 1 aromatic heterocycles. The quantitative estimate of drug-likeness (QED) is 0.323. The van der Waals surface area contributed by atoms with Crippen LogP contribution in [-0.2, 0) is 25.6 Å². The average Bonchev–Trinajstić information content (AvgIpc) is 3.52. The lowest BCUT2D eigenvalue weighted by Gasteiger charge is -2.57. The zero-order chi connectivity index (χ0) is 28.8. The fourth-order valence-corrected chi connectivity index (χ4v) is 8.88. The number of carbonyl (C=O) groups is 2. The fraction of sp³-hybridized carbons (Fsp3) is 0.606. The van der Waals surface area contributed by atoms with E-state index in [1.54, 1.807) is 0 Å². The van der Waals surface area contributed by atoms with Crippen LogP contribution >= 0.6 is 0 Å². The lowest BCUT2D eigenvalue weighted by Crippen LogP contribution is -2.51. The smallest absolute Gasteiger partial charge is 0.328 e. The lowest BCUT2D eigenvalue weighted by atomic mass is 9.47. The number of nitrogens with one attached hydrogen (secondary N) is 2. The summed E-state index contributed by atoms with van der Waals surface area (Å²) in [6.07, 6.45) is 12.8. The molecule has 7 atom stereocenters. The minimum Gasteiger partial charge on any atom is -0.467 e. The first-order valence-corrected chi connectivity index (χ1v) is 15.2. The largest absolute Gasteiger partial charge is 0.467 e. The summed E-state index contributed by atoms with van der Waals surface area (Å²) in [4.78, 5) is 33.9. The molecule has 0 bridgehead atoms. The molecule has 1 amide bonds. The molecule has 41 heavy (non-hydrogen) atoms. The Morgan fingerprint density at radius 3 is 2.78 bits per heavy atom. The van der Waals surface area contributed by atoms with Gasteiger partial charge in [-0.05, 0) is 97.7 Å². The van der Waals surface area contributed by atoms with Gasteiger partial charge in [-0.25, -0.2) is 4.79 Å². The Kier molecular flexibility index (Phi) is 7.47. The predicted octanol–water partition coefficient (Wildman–Crippen LogP) is 5.06. The van der Waals surface area contributed by atoms with Gasteiger partial charge in [0.25, 0.3) is 5.91 Å². The van der Waals surface area contributed by atoms with E-state index in [1.807, 2.05) is 30.5 Å². The van der Waals surface area contributed by atoms with E-state index in [0.717, 1.165) is 60.7 Å². The number of aromatic nitrogens is 1. The number of nitrogens with zero attached hydrogens (tertiary/aromatic N) is 1. The summed E-state index contributed by atoms with van der Waals surface area (Å²) >= 11 is 0. The number of hydrogen-bond acceptors (Lipinski definition) is 6. The van der Waals surface area contributed by atoms with Crippen LogP contribution < -0.4 is 5.32 Å². The number of oxime groups is 1. The lowest BCUT2D eigenvalue weighted by molar-refractivity contribution is -0.145. The molecule has 3 saturated carbocycles. The number of benzene rings is 1. The second kappa shape index (κ2) is 10.9. The molecule has 1 heterocycles. The van der Waals surface area contributed by atoms with Gasteiger partial charge in [-0.2, -0.15) is 0 Å². The third-order valence-corrected chi connectivity index (χ3v) is 11.2. The van der Waals surface area contributed by atoms with Gasteiger partial charge < -0.3 is 25.0 Å². The number of rotatable bonds is 7. The van der Waals surface area contributed by atoms with Gasteiger partial charge in [-0.1, -0.05) is 42.8 Å². The molecule has 0 spiro atoms. The number of carbonyl (C=O) groups excluding carboxylic acids is 2. The van der Waals surface area contributed by atoms with E-state index in [2.05, 4.69) is 35.4 Å². The van der Waals surface area contributed by atoms with Crippen LogP contribution in [0, 0.1) is 28.6 Å². The van der Waals surface area contributed by atoms with Crippen molar-refractivity contribution in [2.24, 2.45) is 33.7 Å². The number of aliphatic hydroxyl groups is 1. The number of ether oxygens (including phenoxy) is 1. The standard InChI is InChI=1S/C33H43N3O5/c1-32-14-12-22(17-21(32)8-9-24-25-10-11-29(37)33(25,2)15-13-26(24)32)36-41-19-30(38)35-28(31(39)40-3)16-20-18-34-27-7-5-4-6-23(20)27/h4-7,17-18,24-26,28-29,34,37H,8-16,19H2,1-3H3,(H,35,38)/b36-22-/t24-,25-,26-,28+,29-,32-,33-/m0/s1. The highest BCUT2D eigenvalue weighted by atomic mass is 16.6. The number of hydrogen-bond donors (Lipinski definition) is 3. The van der Waals surface area contributed by atoms with Gasteiger partial charge in [0.2, 0.25) is 0 Å². The molecule has 0 aliphatic heterocycles. The second-order valence-corrected chi connectivity index (χ2v) is 13.2. The van der Waals surface area contributed by atoms with Gasteiger partial charge in [0.1, 0.15) is 6.04 Å².